The summed E-state index contributed by atoms with van der Waals surface area (Å²) >= 11 is 1.80. The van der Waals surface area contributed by atoms with Crippen LogP contribution >= 0.6 is 11.3 Å². The maximum Gasteiger partial charge on any atom is 0.0991 e. The van der Waals surface area contributed by atoms with E-state index in [9.17, 15) is 0 Å². The van der Waals surface area contributed by atoms with Crippen molar-refractivity contribution in [1.82, 2.24) is 5.32 Å². The molecule has 0 amide bonds. The van der Waals surface area contributed by atoms with E-state index in [4.69, 9.17) is 5.26 Å². The first kappa shape index (κ1) is 14.8. The predicted octanol–water partition coefficient (Wildman–Crippen LogP) is 4.42. The second kappa shape index (κ2) is 6.69. The van der Waals surface area contributed by atoms with Crippen molar-refractivity contribution in [2.75, 3.05) is 0 Å². The number of nitriles is 1. The van der Waals surface area contributed by atoms with E-state index < -0.39 is 0 Å². The molecular formula is C17H20N2S. The highest BCUT2D eigenvalue weighted by Gasteiger charge is 2.16. The van der Waals surface area contributed by atoms with Crippen LogP contribution in [0, 0.1) is 24.2 Å². The zero-order chi connectivity index (χ0) is 14.5. The van der Waals surface area contributed by atoms with Crippen molar-refractivity contribution in [3.63, 3.8) is 0 Å². The molecule has 0 saturated carbocycles. The average molecular weight is 284 g/mol. The minimum Gasteiger partial charge on any atom is -0.305 e. The Morgan fingerprint density at radius 3 is 2.65 bits per heavy atom. The van der Waals surface area contributed by atoms with Crippen molar-refractivity contribution in [3.05, 3.63) is 57.3 Å². The lowest BCUT2D eigenvalue weighted by atomic mass is 10.0. The predicted molar refractivity (Wildman–Crippen MR) is 84.6 cm³/mol. The summed E-state index contributed by atoms with van der Waals surface area (Å²) in [6.07, 6.45) is 0. The van der Waals surface area contributed by atoms with Crippen LogP contribution in [0.4, 0.5) is 0 Å². The molecule has 3 heteroatoms. The number of aryl methyl sites for hydroxylation is 1. The molecule has 1 atom stereocenters. The molecule has 0 radical (unpaired) electrons. The summed E-state index contributed by atoms with van der Waals surface area (Å²) in [7, 11) is 0. The van der Waals surface area contributed by atoms with Gasteiger partial charge in [-0.15, -0.1) is 11.3 Å². The van der Waals surface area contributed by atoms with Crippen molar-refractivity contribution >= 4 is 11.3 Å². The van der Waals surface area contributed by atoms with Crippen LogP contribution in [0.2, 0.25) is 0 Å². The Kier molecular flexibility index (Phi) is 4.94. The van der Waals surface area contributed by atoms with Crippen LogP contribution in [-0.4, -0.2) is 0 Å². The number of nitrogens with zero attached hydrogens (tertiary/aromatic N) is 1. The topological polar surface area (TPSA) is 35.8 Å². The van der Waals surface area contributed by atoms with Gasteiger partial charge in [0.25, 0.3) is 0 Å². The molecule has 0 aliphatic carbocycles. The Bertz CT molecular complexity index is 594. The van der Waals surface area contributed by atoms with Gasteiger partial charge in [0.2, 0.25) is 0 Å². The molecule has 0 saturated heterocycles. The normalized spacial score (nSPS) is 12.3. The summed E-state index contributed by atoms with van der Waals surface area (Å²) < 4.78 is 0. The molecule has 2 rings (SSSR count). The summed E-state index contributed by atoms with van der Waals surface area (Å²) in [4.78, 5) is 1.38. The minimum absolute atomic E-state index is 0.380. The van der Waals surface area contributed by atoms with Gasteiger partial charge in [-0.25, -0.2) is 0 Å². The average Bonchev–Trinajstić information content (AvgIpc) is 2.94. The van der Waals surface area contributed by atoms with Gasteiger partial charge in [-0.2, -0.15) is 5.26 Å². The van der Waals surface area contributed by atoms with E-state index in [1.807, 2.05) is 18.2 Å². The Morgan fingerprint density at radius 2 is 2.10 bits per heavy atom. The Hall–Kier alpha value is -1.63. The highest BCUT2D eigenvalue weighted by molar-refractivity contribution is 7.10. The molecule has 0 bridgehead atoms. The molecule has 1 heterocycles. The number of thiophene rings is 1. The molecule has 20 heavy (non-hydrogen) atoms. The molecule has 0 aliphatic rings. The molecule has 1 aromatic carbocycles. The van der Waals surface area contributed by atoms with Gasteiger partial charge in [0.1, 0.15) is 0 Å². The van der Waals surface area contributed by atoms with Gasteiger partial charge in [-0.05, 0) is 47.5 Å². The second-order valence-corrected chi connectivity index (χ2v) is 6.35. The maximum atomic E-state index is 8.90. The smallest absolute Gasteiger partial charge is 0.0991 e. The molecule has 2 aromatic rings. The summed E-state index contributed by atoms with van der Waals surface area (Å²) in [5, 5.41) is 14.7. The number of benzene rings is 1. The minimum atomic E-state index is 0.380. The van der Waals surface area contributed by atoms with Gasteiger partial charge < -0.3 is 5.32 Å². The molecule has 2 nitrogen and oxygen atoms in total. The quantitative estimate of drug-likeness (QED) is 0.882. The van der Waals surface area contributed by atoms with E-state index in [0.29, 0.717) is 12.0 Å². The zero-order valence-electron chi connectivity index (χ0n) is 12.2. The van der Waals surface area contributed by atoms with Gasteiger partial charge in [0.05, 0.1) is 11.6 Å². The lowest BCUT2D eigenvalue weighted by Crippen LogP contribution is -2.24. The third kappa shape index (κ3) is 3.47. The van der Waals surface area contributed by atoms with E-state index in [2.05, 4.69) is 49.7 Å². The molecule has 0 aliphatic heterocycles. The largest absolute Gasteiger partial charge is 0.305 e. The van der Waals surface area contributed by atoms with E-state index in [1.54, 1.807) is 11.3 Å². The fourth-order valence-corrected chi connectivity index (χ4v) is 3.29. The molecule has 1 N–H and O–H groups in total. The van der Waals surface area contributed by atoms with Crippen molar-refractivity contribution in [2.24, 2.45) is 5.92 Å². The highest BCUT2D eigenvalue weighted by atomic mass is 32.1. The SMILES string of the molecule is Cc1cc(C#N)ccc1CNC(c1cccs1)C(C)C. The number of rotatable bonds is 5. The van der Waals surface area contributed by atoms with Crippen LogP contribution < -0.4 is 5.32 Å². The lowest BCUT2D eigenvalue weighted by Gasteiger charge is -2.22. The monoisotopic (exact) mass is 284 g/mol. The Labute approximate surface area is 125 Å². The van der Waals surface area contributed by atoms with E-state index in [-0.39, 0.29) is 0 Å². The second-order valence-electron chi connectivity index (χ2n) is 5.37. The summed E-state index contributed by atoms with van der Waals surface area (Å²) in [5.74, 6) is 0.548. The van der Waals surface area contributed by atoms with Crippen molar-refractivity contribution in [2.45, 2.75) is 33.4 Å². The number of nitrogens with one attached hydrogen (secondary N) is 1. The third-order valence-corrected chi connectivity index (χ3v) is 4.46. The fraction of sp³-hybridized carbons (Fsp3) is 0.353. The molecule has 1 unspecified atom stereocenters. The highest BCUT2D eigenvalue weighted by Crippen LogP contribution is 2.26. The van der Waals surface area contributed by atoms with Gasteiger partial charge >= 0.3 is 0 Å². The summed E-state index contributed by atoms with van der Waals surface area (Å²) in [6.45, 7) is 7.37. The van der Waals surface area contributed by atoms with Crippen molar-refractivity contribution in [1.29, 1.82) is 5.26 Å². The van der Waals surface area contributed by atoms with E-state index in [1.165, 1.54) is 16.0 Å². The van der Waals surface area contributed by atoms with E-state index >= 15 is 0 Å². The van der Waals surface area contributed by atoms with Gasteiger partial charge in [-0.3, -0.25) is 0 Å². The summed E-state index contributed by atoms with van der Waals surface area (Å²) in [6, 6.07) is 12.7. The van der Waals surface area contributed by atoms with Crippen LogP contribution in [-0.2, 0) is 6.54 Å². The molecule has 0 fully saturated rings. The van der Waals surface area contributed by atoms with Crippen LogP contribution in [0.5, 0.6) is 0 Å². The molecule has 1 aromatic heterocycles. The molecular weight excluding hydrogens is 264 g/mol. The Morgan fingerprint density at radius 1 is 1.30 bits per heavy atom. The van der Waals surface area contributed by atoms with Gasteiger partial charge in [-0.1, -0.05) is 26.0 Å². The van der Waals surface area contributed by atoms with Gasteiger partial charge in [0, 0.05) is 17.5 Å². The van der Waals surface area contributed by atoms with Crippen LogP contribution in [0.15, 0.2) is 35.7 Å². The number of hydrogen-bond donors (Lipinski definition) is 1. The first-order valence-electron chi connectivity index (χ1n) is 6.88. The van der Waals surface area contributed by atoms with Crippen LogP contribution in [0.25, 0.3) is 0 Å². The van der Waals surface area contributed by atoms with Crippen LogP contribution in [0.1, 0.15) is 41.5 Å². The third-order valence-electron chi connectivity index (χ3n) is 3.50. The fourth-order valence-electron chi connectivity index (χ4n) is 2.32. The lowest BCUT2D eigenvalue weighted by molar-refractivity contribution is 0.416. The van der Waals surface area contributed by atoms with Crippen molar-refractivity contribution in [3.8, 4) is 6.07 Å². The van der Waals surface area contributed by atoms with E-state index in [0.717, 1.165) is 12.1 Å². The van der Waals surface area contributed by atoms with Gasteiger partial charge in [0.15, 0.2) is 0 Å². The number of hydrogen-bond acceptors (Lipinski definition) is 3. The molecule has 0 spiro atoms. The zero-order valence-corrected chi connectivity index (χ0v) is 13.0. The first-order valence-corrected chi connectivity index (χ1v) is 7.76. The first-order chi connectivity index (χ1) is 9.61. The molecule has 104 valence electrons. The maximum absolute atomic E-state index is 8.90. The standard InChI is InChI=1S/C17H20N2S/c1-12(2)17(16-5-4-8-20-16)19-11-15-7-6-14(10-18)9-13(15)3/h4-9,12,17,19H,11H2,1-3H3. The van der Waals surface area contributed by atoms with Crippen molar-refractivity contribution < 1.29 is 0 Å². The van der Waals surface area contributed by atoms with Crippen LogP contribution in [0.3, 0.4) is 0 Å². The Balaban J connectivity index is 2.09. The summed E-state index contributed by atoms with van der Waals surface area (Å²) in [5.41, 5.74) is 3.15.